The van der Waals surface area contributed by atoms with Crippen LogP contribution in [0.4, 0.5) is 11.4 Å². The molecule has 0 aliphatic carbocycles. The fraction of sp³-hybridized carbons (Fsp3) is 0.350. The summed E-state index contributed by atoms with van der Waals surface area (Å²) in [4.78, 5) is 25.3. The quantitative estimate of drug-likeness (QED) is 0.656. The van der Waals surface area contributed by atoms with Gasteiger partial charge in [0.25, 0.3) is 11.6 Å². The van der Waals surface area contributed by atoms with Gasteiger partial charge in [0.1, 0.15) is 5.69 Å². The van der Waals surface area contributed by atoms with Crippen LogP contribution in [0.2, 0.25) is 0 Å². The Balaban J connectivity index is 1.63. The monoisotopic (exact) mass is 353 g/mol. The molecule has 1 fully saturated rings. The predicted molar refractivity (Wildman–Crippen MR) is 101 cm³/mol. The van der Waals surface area contributed by atoms with Crippen molar-refractivity contribution in [1.29, 1.82) is 0 Å². The van der Waals surface area contributed by atoms with Crippen molar-refractivity contribution >= 4 is 17.3 Å². The molecule has 0 atom stereocenters. The highest BCUT2D eigenvalue weighted by atomic mass is 16.6. The van der Waals surface area contributed by atoms with Gasteiger partial charge >= 0.3 is 0 Å². The van der Waals surface area contributed by atoms with Gasteiger partial charge in [-0.05, 0) is 42.9 Å². The molecule has 2 aromatic rings. The average molecular weight is 353 g/mol. The molecule has 2 aromatic carbocycles. The fourth-order valence-electron chi connectivity index (χ4n) is 3.50. The normalized spacial score (nSPS) is 14.9. The topological polar surface area (TPSA) is 75.5 Å². The van der Waals surface area contributed by atoms with Crippen LogP contribution < -0.4 is 5.32 Å². The summed E-state index contributed by atoms with van der Waals surface area (Å²) < 4.78 is 0. The molecule has 3 rings (SSSR count). The summed E-state index contributed by atoms with van der Waals surface area (Å²) in [6.45, 7) is 1.38. The molecule has 1 aliphatic heterocycles. The molecule has 136 valence electrons. The van der Waals surface area contributed by atoms with Gasteiger partial charge in [-0.3, -0.25) is 14.9 Å². The molecule has 26 heavy (non-hydrogen) atoms. The van der Waals surface area contributed by atoms with Crippen molar-refractivity contribution in [3.63, 3.8) is 0 Å². The number of nitrogens with zero attached hydrogens (tertiary/aromatic N) is 2. The molecule has 1 aliphatic rings. The highest BCUT2D eigenvalue weighted by Gasteiger charge is 2.25. The maximum atomic E-state index is 12.7. The number of anilines is 1. The highest BCUT2D eigenvalue weighted by molar-refractivity contribution is 5.95. The van der Waals surface area contributed by atoms with Crippen molar-refractivity contribution in [2.75, 3.05) is 25.5 Å². The fourth-order valence-corrected chi connectivity index (χ4v) is 3.50. The zero-order valence-electron chi connectivity index (χ0n) is 14.9. The standard InChI is InChI=1S/C20H23N3O3/c1-21-18-8-7-17(14-19(18)23(25)26)20(24)22-11-9-16(10-12-22)13-15-5-3-2-4-6-15/h2-8,14,16,21H,9-13H2,1H3. The number of rotatable bonds is 5. The van der Waals surface area contributed by atoms with Gasteiger partial charge in [-0.1, -0.05) is 30.3 Å². The van der Waals surface area contributed by atoms with Crippen LogP contribution in [-0.2, 0) is 6.42 Å². The summed E-state index contributed by atoms with van der Waals surface area (Å²) in [5, 5.41) is 14.0. The molecule has 0 radical (unpaired) electrons. The van der Waals surface area contributed by atoms with E-state index in [4.69, 9.17) is 0 Å². The van der Waals surface area contributed by atoms with Gasteiger partial charge in [-0.25, -0.2) is 0 Å². The van der Waals surface area contributed by atoms with Gasteiger partial charge < -0.3 is 10.2 Å². The summed E-state index contributed by atoms with van der Waals surface area (Å²) >= 11 is 0. The number of nitrogens with one attached hydrogen (secondary N) is 1. The summed E-state index contributed by atoms with van der Waals surface area (Å²) in [6, 6.07) is 15.0. The third kappa shape index (κ3) is 4.02. The molecule has 0 aromatic heterocycles. The zero-order chi connectivity index (χ0) is 18.5. The van der Waals surface area contributed by atoms with Gasteiger partial charge in [0, 0.05) is 31.8 Å². The lowest BCUT2D eigenvalue weighted by atomic mass is 9.90. The number of hydrogen-bond donors (Lipinski definition) is 1. The van der Waals surface area contributed by atoms with Crippen LogP contribution in [0.5, 0.6) is 0 Å². The lowest BCUT2D eigenvalue weighted by Gasteiger charge is -2.32. The van der Waals surface area contributed by atoms with E-state index in [0.29, 0.717) is 30.3 Å². The minimum Gasteiger partial charge on any atom is -0.383 e. The second-order valence-electron chi connectivity index (χ2n) is 6.66. The van der Waals surface area contributed by atoms with Crippen molar-refractivity contribution in [2.45, 2.75) is 19.3 Å². The third-order valence-corrected chi connectivity index (χ3v) is 4.98. The number of benzene rings is 2. The Kier molecular flexibility index (Phi) is 5.51. The Morgan fingerprint density at radius 2 is 1.88 bits per heavy atom. The van der Waals surface area contributed by atoms with Gasteiger partial charge in [0.05, 0.1) is 4.92 Å². The molecule has 1 N–H and O–H groups in total. The molecule has 0 unspecified atom stereocenters. The maximum absolute atomic E-state index is 12.7. The third-order valence-electron chi connectivity index (χ3n) is 4.98. The van der Waals surface area contributed by atoms with Crippen LogP contribution >= 0.6 is 0 Å². The van der Waals surface area contributed by atoms with Crippen LogP contribution in [0.3, 0.4) is 0 Å². The molecule has 6 heteroatoms. The van der Waals surface area contributed by atoms with Crippen LogP contribution in [0.25, 0.3) is 0 Å². The SMILES string of the molecule is CNc1ccc(C(=O)N2CCC(Cc3ccccc3)CC2)cc1[N+](=O)[O-]. The molecule has 6 nitrogen and oxygen atoms in total. The van der Waals surface area contributed by atoms with Gasteiger partial charge in [-0.15, -0.1) is 0 Å². The second kappa shape index (κ2) is 7.99. The first kappa shape index (κ1) is 17.9. The van der Waals surface area contributed by atoms with E-state index in [2.05, 4.69) is 29.6 Å². The number of carbonyl (C=O) groups is 1. The zero-order valence-corrected chi connectivity index (χ0v) is 14.9. The number of nitro groups is 1. The number of hydrogen-bond acceptors (Lipinski definition) is 4. The van der Waals surface area contributed by atoms with E-state index in [9.17, 15) is 14.9 Å². The summed E-state index contributed by atoms with van der Waals surface area (Å²) in [5.41, 5.74) is 2.04. The van der Waals surface area contributed by atoms with Crippen LogP contribution in [0, 0.1) is 16.0 Å². The number of piperidine rings is 1. The Hall–Kier alpha value is -2.89. The minimum atomic E-state index is -0.464. The van der Waals surface area contributed by atoms with Crippen molar-refractivity contribution < 1.29 is 9.72 Å². The van der Waals surface area contributed by atoms with E-state index < -0.39 is 4.92 Å². The van der Waals surface area contributed by atoms with Gasteiger partial charge in [0.2, 0.25) is 0 Å². The van der Waals surface area contributed by atoms with Crippen molar-refractivity contribution in [3.8, 4) is 0 Å². The van der Waals surface area contributed by atoms with Crippen molar-refractivity contribution in [2.24, 2.45) is 5.92 Å². The van der Waals surface area contributed by atoms with Gasteiger partial charge in [-0.2, -0.15) is 0 Å². The van der Waals surface area contributed by atoms with Crippen molar-refractivity contribution in [1.82, 2.24) is 4.90 Å². The molecule has 1 heterocycles. The average Bonchev–Trinajstić information content (AvgIpc) is 2.68. The Morgan fingerprint density at radius 3 is 2.50 bits per heavy atom. The number of likely N-dealkylation sites (tertiary alicyclic amines) is 1. The number of amides is 1. The first-order valence-electron chi connectivity index (χ1n) is 8.88. The van der Waals surface area contributed by atoms with E-state index in [1.54, 1.807) is 24.1 Å². The smallest absolute Gasteiger partial charge is 0.293 e. The lowest BCUT2D eigenvalue weighted by Crippen LogP contribution is -2.38. The number of carbonyl (C=O) groups excluding carboxylic acids is 1. The second-order valence-corrected chi connectivity index (χ2v) is 6.66. The first-order chi connectivity index (χ1) is 12.6. The van der Waals surface area contributed by atoms with E-state index in [0.717, 1.165) is 19.3 Å². The summed E-state index contributed by atoms with van der Waals surface area (Å²) in [5.74, 6) is 0.441. The van der Waals surface area contributed by atoms with Crippen molar-refractivity contribution in [3.05, 3.63) is 69.8 Å². The van der Waals surface area contributed by atoms with Crippen LogP contribution in [-0.4, -0.2) is 35.9 Å². The molecule has 1 saturated heterocycles. The van der Waals surface area contributed by atoms with Gasteiger partial charge in [0.15, 0.2) is 0 Å². The highest BCUT2D eigenvalue weighted by Crippen LogP contribution is 2.27. The Morgan fingerprint density at radius 1 is 1.19 bits per heavy atom. The lowest BCUT2D eigenvalue weighted by molar-refractivity contribution is -0.384. The molecule has 0 bridgehead atoms. The molecule has 0 spiro atoms. The number of nitro benzene ring substituents is 1. The van der Waals surface area contributed by atoms with E-state index in [1.165, 1.54) is 11.6 Å². The molecular weight excluding hydrogens is 330 g/mol. The first-order valence-corrected chi connectivity index (χ1v) is 8.88. The van der Waals surface area contributed by atoms with E-state index >= 15 is 0 Å². The molecule has 1 amide bonds. The molecule has 0 saturated carbocycles. The minimum absolute atomic E-state index is 0.0719. The Bertz CT molecular complexity index is 784. The van der Waals surface area contributed by atoms with E-state index in [-0.39, 0.29) is 11.6 Å². The van der Waals surface area contributed by atoms with E-state index in [1.807, 2.05) is 6.07 Å². The maximum Gasteiger partial charge on any atom is 0.293 e. The van der Waals surface area contributed by atoms with Crippen LogP contribution in [0.1, 0.15) is 28.8 Å². The summed E-state index contributed by atoms with van der Waals surface area (Å²) in [6.07, 6.45) is 2.94. The van der Waals surface area contributed by atoms with Crippen LogP contribution in [0.15, 0.2) is 48.5 Å². The summed E-state index contributed by atoms with van der Waals surface area (Å²) in [7, 11) is 1.63. The molecular formula is C20H23N3O3. The predicted octanol–water partition coefficient (Wildman–Crippen LogP) is 3.73. The largest absolute Gasteiger partial charge is 0.383 e. The Labute approximate surface area is 153 Å².